The van der Waals surface area contributed by atoms with Gasteiger partial charge in [-0.25, -0.2) is 4.79 Å². The summed E-state index contributed by atoms with van der Waals surface area (Å²) in [5.74, 6) is 1.48. The lowest BCUT2D eigenvalue weighted by atomic mass is 9.71. The Morgan fingerprint density at radius 3 is 2.58 bits per heavy atom. The SMILES string of the molecule is C=CC(=O)OC1(C)C(C)CCCC2CCCCCC21. The Hall–Kier alpha value is -0.790. The molecule has 2 aliphatic carbocycles. The highest BCUT2D eigenvalue weighted by atomic mass is 16.6. The van der Waals surface area contributed by atoms with Crippen LogP contribution in [0.4, 0.5) is 0 Å². The maximum atomic E-state index is 11.8. The Bertz CT molecular complexity index is 336. The summed E-state index contributed by atoms with van der Waals surface area (Å²) in [7, 11) is 0. The van der Waals surface area contributed by atoms with Crippen LogP contribution in [0.15, 0.2) is 12.7 Å². The third-order valence-corrected chi connectivity index (χ3v) is 5.57. The molecule has 4 unspecified atom stereocenters. The first-order chi connectivity index (χ1) is 9.08. The Balaban J connectivity index is 2.27. The van der Waals surface area contributed by atoms with Crippen LogP contribution >= 0.6 is 0 Å². The van der Waals surface area contributed by atoms with Crippen molar-refractivity contribution in [2.45, 2.75) is 70.8 Å². The first-order valence-corrected chi connectivity index (χ1v) is 7.93. The van der Waals surface area contributed by atoms with Gasteiger partial charge in [0.25, 0.3) is 0 Å². The average Bonchev–Trinajstić information content (AvgIpc) is 2.68. The molecular weight excluding hydrogens is 236 g/mol. The van der Waals surface area contributed by atoms with Crippen molar-refractivity contribution in [2.24, 2.45) is 17.8 Å². The van der Waals surface area contributed by atoms with E-state index < -0.39 is 0 Å². The van der Waals surface area contributed by atoms with Crippen molar-refractivity contribution in [3.05, 3.63) is 12.7 Å². The number of fused-ring (bicyclic) bond motifs is 1. The zero-order valence-electron chi connectivity index (χ0n) is 12.5. The summed E-state index contributed by atoms with van der Waals surface area (Å²) in [6.45, 7) is 7.98. The Morgan fingerprint density at radius 1 is 1.16 bits per heavy atom. The van der Waals surface area contributed by atoms with Gasteiger partial charge >= 0.3 is 5.97 Å². The molecule has 0 bridgehead atoms. The summed E-state index contributed by atoms with van der Waals surface area (Å²) in [5.41, 5.74) is -0.295. The predicted octanol–water partition coefficient (Wildman–Crippen LogP) is 4.49. The standard InChI is InChI=1S/C17H28O2/c1-4-16(18)19-17(3)13(2)9-8-11-14-10-6-5-7-12-15(14)17/h4,13-15H,1,5-12H2,2-3H3. The molecule has 2 aliphatic rings. The maximum Gasteiger partial charge on any atom is 0.330 e. The first-order valence-electron chi connectivity index (χ1n) is 7.93. The third kappa shape index (κ3) is 3.04. The van der Waals surface area contributed by atoms with E-state index in [4.69, 9.17) is 4.74 Å². The topological polar surface area (TPSA) is 26.3 Å². The minimum atomic E-state index is -0.295. The Kier molecular flexibility index (Phi) is 4.70. The molecule has 0 aromatic rings. The van der Waals surface area contributed by atoms with Crippen LogP contribution in [0.1, 0.15) is 65.2 Å². The second-order valence-electron chi connectivity index (χ2n) is 6.65. The summed E-state index contributed by atoms with van der Waals surface area (Å²) in [6, 6.07) is 0. The molecule has 0 spiro atoms. The molecule has 2 fully saturated rings. The highest BCUT2D eigenvalue weighted by Crippen LogP contribution is 2.47. The van der Waals surface area contributed by atoms with Gasteiger partial charge in [-0.15, -0.1) is 0 Å². The van der Waals surface area contributed by atoms with Gasteiger partial charge in [-0.1, -0.05) is 52.0 Å². The maximum absolute atomic E-state index is 11.8. The fraction of sp³-hybridized carbons (Fsp3) is 0.824. The highest BCUT2D eigenvalue weighted by molar-refractivity contribution is 5.81. The molecule has 0 heterocycles. The van der Waals surface area contributed by atoms with Gasteiger partial charge < -0.3 is 4.74 Å². The van der Waals surface area contributed by atoms with Crippen LogP contribution in [0.3, 0.4) is 0 Å². The number of esters is 1. The largest absolute Gasteiger partial charge is 0.456 e. The van der Waals surface area contributed by atoms with E-state index >= 15 is 0 Å². The van der Waals surface area contributed by atoms with Crippen LogP contribution < -0.4 is 0 Å². The van der Waals surface area contributed by atoms with Gasteiger partial charge in [0.1, 0.15) is 5.60 Å². The van der Waals surface area contributed by atoms with Crippen LogP contribution in [0.2, 0.25) is 0 Å². The van der Waals surface area contributed by atoms with E-state index in [2.05, 4.69) is 20.4 Å². The minimum absolute atomic E-state index is 0.251. The van der Waals surface area contributed by atoms with E-state index in [0.717, 1.165) is 5.92 Å². The number of hydrogen-bond acceptors (Lipinski definition) is 2. The highest BCUT2D eigenvalue weighted by Gasteiger charge is 2.47. The molecule has 4 atom stereocenters. The monoisotopic (exact) mass is 264 g/mol. The van der Waals surface area contributed by atoms with Gasteiger partial charge in [-0.05, 0) is 31.6 Å². The van der Waals surface area contributed by atoms with E-state index in [-0.39, 0.29) is 11.6 Å². The normalized spacial score (nSPS) is 39.6. The average molecular weight is 264 g/mol. The van der Waals surface area contributed by atoms with E-state index in [1.807, 2.05) is 0 Å². The zero-order chi connectivity index (χ0) is 13.9. The molecule has 2 heteroatoms. The van der Waals surface area contributed by atoms with Crippen molar-refractivity contribution in [3.63, 3.8) is 0 Å². The molecule has 0 aliphatic heterocycles. The number of ether oxygens (including phenoxy) is 1. The summed E-state index contributed by atoms with van der Waals surface area (Å²) in [6.07, 6.45) is 11.6. The molecule has 19 heavy (non-hydrogen) atoms. The van der Waals surface area contributed by atoms with Crippen molar-refractivity contribution < 1.29 is 9.53 Å². The Morgan fingerprint density at radius 2 is 1.84 bits per heavy atom. The van der Waals surface area contributed by atoms with Crippen molar-refractivity contribution in [1.29, 1.82) is 0 Å². The quantitative estimate of drug-likeness (QED) is 0.542. The molecule has 0 N–H and O–H groups in total. The fourth-order valence-corrected chi connectivity index (χ4v) is 4.26. The second kappa shape index (κ2) is 6.11. The minimum Gasteiger partial charge on any atom is -0.456 e. The Labute approximate surface area is 117 Å². The van der Waals surface area contributed by atoms with Gasteiger partial charge in [0.2, 0.25) is 0 Å². The van der Waals surface area contributed by atoms with Crippen molar-refractivity contribution in [1.82, 2.24) is 0 Å². The van der Waals surface area contributed by atoms with Gasteiger partial charge in [-0.3, -0.25) is 0 Å². The van der Waals surface area contributed by atoms with Crippen LogP contribution in [0.5, 0.6) is 0 Å². The number of carbonyl (C=O) groups excluding carboxylic acids is 1. The summed E-state index contributed by atoms with van der Waals surface area (Å²) in [5, 5.41) is 0. The van der Waals surface area contributed by atoms with Gasteiger partial charge in [0.05, 0.1) is 0 Å². The number of carbonyl (C=O) groups is 1. The van der Waals surface area contributed by atoms with Crippen LogP contribution in [-0.2, 0) is 9.53 Å². The molecule has 0 aromatic heterocycles. The smallest absolute Gasteiger partial charge is 0.330 e. The predicted molar refractivity (Wildman–Crippen MR) is 77.8 cm³/mol. The summed E-state index contributed by atoms with van der Waals surface area (Å²) < 4.78 is 5.89. The van der Waals surface area contributed by atoms with Crippen molar-refractivity contribution in [2.75, 3.05) is 0 Å². The van der Waals surface area contributed by atoms with Gasteiger partial charge in [-0.2, -0.15) is 0 Å². The van der Waals surface area contributed by atoms with Gasteiger partial charge in [0.15, 0.2) is 0 Å². The molecule has 0 aromatic carbocycles. The molecule has 2 nitrogen and oxygen atoms in total. The molecule has 0 amide bonds. The van der Waals surface area contributed by atoms with E-state index in [1.54, 1.807) is 0 Å². The molecule has 0 saturated heterocycles. The lowest BCUT2D eigenvalue weighted by molar-refractivity contribution is -0.168. The number of rotatable bonds is 2. The first kappa shape index (κ1) is 14.6. The van der Waals surface area contributed by atoms with E-state index in [1.165, 1.54) is 57.4 Å². The molecule has 2 saturated carbocycles. The van der Waals surface area contributed by atoms with Crippen molar-refractivity contribution in [3.8, 4) is 0 Å². The summed E-state index contributed by atoms with van der Waals surface area (Å²) >= 11 is 0. The lowest BCUT2D eigenvalue weighted by Gasteiger charge is -2.42. The van der Waals surface area contributed by atoms with Gasteiger partial charge in [0, 0.05) is 12.0 Å². The number of hydrogen-bond donors (Lipinski definition) is 0. The fourth-order valence-electron chi connectivity index (χ4n) is 4.26. The van der Waals surface area contributed by atoms with Crippen LogP contribution in [0.25, 0.3) is 0 Å². The van der Waals surface area contributed by atoms with Crippen molar-refractivity contribution >= 4 is 5.97 Å². The third-order valence-electron chi connectivity index (χ3n) is 5.57. The van der Waals surface area contributed by atoms with Crippen LogP contribution in [0, 0.1) is 17.8 Å². The van der Waals surface area contributed by atoms with E-state index in [0.29, 0.717) is 11.8 Å². The molecule has 0 radical (unpaired) electrons. The molecule has 108 valence electrons. The summed E-state index contributed by atoms with van der Waals surface area (Å²) in [4.78, 5) is 11.8. The molecular formula is C17H28O2. The van der Waals surface area contributed by atoms with Crippen LogP contribution in [-0.4, -0.2) is 11.6 Å². The lowest BCUT2D eigenvalue weighted by Crippen LogP contribution is -2.46. The second-order valence-corrected chi connectivity index (χ2v) is 6.65. The molecule has 2 rings (SSSR count). The zero-order valence-corrected chi connectivity index (χ0v) is 12.5. The van der Waals surface area contributed by atoms with E-state index in [9.17, 15) is 4.79 Å².